The Morgan fingerprint density at radius 1 is 1.39 bits per heavy atom. The standard InChI is InChI=1S/C13H23N3S2/c1-2-4-14-9-13-15-12(11-18-13)10-16-5-3-7-17-8-6-16/h11,14H,2-10H2,1H3. The monoisotopic (exact) mass is 285 g/mol. The van der Waals surface area contributed by atoms with E-state index in [4.69, 9.17) is 4.98 Å². The molecule has 1 saturated heterocycles. The molecule has 0 bridgehead atoms. The van der Waals surface area contributed by atoms with Gasteiger partial charge in [0, 0.05) is 30.8 Å². The number of aromatic nitrogens is 1. The highest BCUT2D eigenvalue weighted by atomic mass is 32.2. The maximum absolute atomic E-state index is 4.71. The van der Waals surface area contributed by atoms with Gasteiger partial charge in [-0.25, -0.2) is 4.98 Å². The number of hydrogen-bond donors (Lipinski definition) is 1. The number of hydrogen-bond acceptors (Lipinski definition) is 5. The van der Waals surface area contributed by atoms with Crippen LogP contribution in [0.2, 0.25) is 0 Å². The molecule has 0 spiro atoms. The lowest BCUT2D eigenvalue weighted by atomic mass is 10.3. The third-order valence-corrected chi connectivity index (χ3v) is 4.95. The highest BCUT2D eigenvalue weighted by molar-refractivity contribution is 7.99. The molecule has 1 aromatic rings. The topological polar surface area (TPSA) is 28.2 Å². The van der Waals surface area contributed by atoms with Crippen molar-refractivity contribution in [1.82, 2.24) is 15.2 Å². The number of nitrogens with one attached hydrogen (secondary N) is 1. The van der Waals surface area contributed by atoms with Gasteiger partial charge in [-0.3, -0.25) is 4.90 Å². The minimum absolute atomic E-state index is 0.925. The van der Waals surface area contributed by atoms with E-state index in [9.17, 15) is 0 Å². The molecule has 2 rings (SSSR count). The van der Waals surface area contributed by atoms with Gasteiger partial charge in [0.15, 0.2) is 0 Å². The molecule has 0 unspecified atom stereocenters. The predicted molar refractivity (Wildman–Crippen MR) is 81.3 cm³/mol. The van der Waals surface area contributed by atoms with Gasteiger partial charge in [0.1, 0.15) is 5.01 Å². The van der Waals surface area contributed by atoms with E-state index in [0.717, 1.165) is 19.6 Å². The number of nitrogens with zero attached hydrogens (tertiary/aromatic N) is 2. The summed E-state index contributed by atoms with van der Waals surface area (Å²) in [5, 5.41) is 6.86. The average molecular weight is 285 g/mol. The molecule has 102 valence electrons. The summed E-state index contributed by atoms with van der Waals surface area (Å²) in [5.41, 5.74) is 1.25. The van der Waals surface area contributed by atoms with Crippen molar-refractivity contribution in [2.75, 3.05) is 31.1 Å². The summed E-state index contributed by atoms with van der Waals surface area (Å²) in [4.78, 5) is 7.25. The SMILES string of the molecule is CCCNCc1nc(CN2CCCSCC2)cs1. The van der Waals surface area contributed by atoms with E-state index in [0.29, 0.717) is 0 Å². The Balaban J connectivity index is 1.78. The number of rotatable bonds is 6. The van der Waals surface area contributed by atoms with E-state index >= 15 is 0 Å². The van der Waals surface area contributed by atoms with Crippen molar-refractivity contribution in [2.24, 2.45) is 0 Å². The highest BCUT2D eigenvalue weighted by Gasteiger charge is 2.11. The average Bonchev–Trinajstić information content (AvgIpc) is 2.65. The smallest absolute Gasteiger partial charge is 0.107 e. The lowest BCUT2D eigenvalue weighted by Gasteiger charge is -2.17. The molecule has 0 aliphatic carbocycles. The molecule has 0 saturated carbocycles. The molecule has 1 aromatic heterocycles. The summed E-state index contributed by atoms with van der Waals surface area (Å²) in [6.07, 6.45) is 2.50. The van der Waals surface area contributed by atoms with Gasteiger partial charge < -0.3 is 5.32 Å². The minimum atomic E-state index is 0.925. The van der Waals surface area contributed by atoms with Crippen LogP contribution in [0.3, 0.4) is 0 Å². The molecule has 0 radical (unpaired) electrons. The van der Waals surface area contributed by atoms with Crippen LogP contribution in [0.4, 0.5) is 0 Å². The molecule has 5 heteroatoms. The summed E-state index contributed by atoms with van der Waals surface area (Å²) < 4.78 is 0. The van der Waals surface area contributed by atoms with Crippen LogP contribution in [-0.4, -0.2) is 41.0 Å². The maximum atomic E-state index is 4.71. The second kappa shape index (κ2) is 8.15. The van der Waals surface area contributed by atoms with Crippen LogP contribution in [0, 0.1) is 0 Å². The van der Waals surface area contributed by atoms with E-state index in [1.165, 1.54) is 48.1 Å². The van der Waals surface area contributed by atoms with Crippen molar-refractivity contribution in [3.8, 4) is 0 Å². The summed E-state index contributed by atoms with van der Waals surface area (Å²) in [7, 11) is 0. The van der Waals surface area contributed by atoms with E-state index < -0.39 is 0 Å². The Bertz CT molecular complexity index is 333. The molecule has 1 aliphatic rings. The van der Waals surface area contributed by atoms with Crippen LogP contribution >= 0.6 is 23.1 Å². The van der Waals surface area contributed by atoms with Crippen molar-refractivity contribution in [2.45, 2.75) is 32.9 Å². The van der Waals surface area contributed by atoms with E-state index in [1.807, 2.05) is 0 Å². The number of thiazole rings is 1. The first-order chi connectivity index (χ1) is 8.88. The Morgan fingerprint density at radius 3 is 3.22 bits per heavy atom. The maximum Gasteiger partial charge on any atom is 0.107 e. The van der Waals surface area contributed by atoms with Crippen LogP contribution in [0.5, 0.6) is 0 Å². The van der Waals surface area contributed by atoms with Gasteiger partial charge in [-0.2, -0.15) is 11.8 Å². The van der Waals surface area contributed by atoms with Crippen molar-refractivity contribution in [3.05, 3.63) is 16.1 Å². The first kappa shape index (κ1) is 14.3. The Kier molecular flexibility index (Phi) is 6.48. The van der Waals surface area contributed by atoms with Crippen molar-refractivity contribution >= 4 is 23.1 Å². The van der Waals surface area contributed by atoms with Crippen LogP contribution in [0.1, 0.15) is 30.5 Å². The fourth-order valence-corrected chi connectivity index (χ4v) is 3.74. The van der Waals surface area contributed by atoms with Crippen LogP contribution in [0.15, 0.2) is 5.38 Å². The van der Waals surface area contributed by atoms with Gasteiger partial charge in [0.25, 0.3) is 0 Å². The molecular weight excluding hydrogens is 262 g/mol. The zero-order chi connectivity index (χ0) is 12.6. The van der Waals surface area contributed by atoms with E-state index in [-0.39, 0.29) is 0 Å². The van der Waals surface area contributed by atoms with Gasteiger partial charge in [0.2, 0.25) is 0 Å². The second-order valence-electron chi connectivity index (χ2n) is 4.65. The summed E-state index contributed by atoms with van der Waals surface area (Å²) in [6, 6.07) is 0. The number of thioether (sulfide) groups is 1. The predicted octanol–water partition coefficient (Wildman–Crippen LogP) is 2.58. The van der Waals surface area contributed by atoms with Crippen molar-refractivity contribution in [1.29, 1.82) is 0 Å². The zero-order valence-electron chi connectivity index (χ0n) is 11.2. The molecule has 0 aromatic carbocycles. The first-order valence-electron chi connectivity index (χ1n) is 6.82. The quantitative estimate of drug-likeness (QED) is 0.813. The van der Waals surface area contributed by atoms with Gasteiger partial charge in [-0.15, -0.1) is 11.3 Å². The van der Waals surface area contributed by atoms with Gasteiger partial charge >= 0.3 is 0 Å². The van der Waals surface area contributed by atoms with Gasteiger partial charge in [0.05, 0.1) is 5.69 Å². The largest absolute Gasteiger partial charge is 0.310 e. The molecule has 1 fully saturated rings. The summed E-state index contributed by atoms with van der Waals surface area (Å²) >= 11 is 3.87. The highest BCUT2D eigenvalue weighted by Crippen LogP contribution is 2.15. The third-order valence-electron chi connectivity index (χ3n) is 3.00. The van der Waals surface area contributed by atoms with E-state index in [2.05, 4.69) is 34.3 Å². The molecule has 2 heterocycles. The van der Waals surface area contributed by atoms with Crippen molar-refractivity contribution in [3.63, 3.8) is 0 Å². The lowest BCUT2D eigenvalue weighted by Crippen LogP contribution is -2.25. The van der Waals surface area contributed by atoms with Crippen LogP contribution in [0.25, 0.3) is 0 Å². The second-order valence-corrected chi connectivity index (χ2v) is 6.82. The summed E-state index contributed by atoms with van der Waals surface area (Å²) in [6.45, 7) is 7.68. The Labute approximate surface area is 118 Å². The molecule has 1 N–H and O–H groups in total. The van der Waals surface area contributed by atoms with Gasteiger partial charge in [-0.05, 0) is 31.7 Å². The van der Waals surface area contributed by atoms with Crippen LogP contribution < -0.4 is 5.32 Å². The first-order valence-corrected chi connectivity index (χ1v) is 8.86. The van der Waals surface area contributed by atoms with Crippen LogP contribution in [-0.2, 0) is 13.1 Å². The Morgan fingerprint density at radius 2 is 2.33 bits per heavy atom. The Hall–Kier alpha value is -0.100. The van der Waals surface area contributed by atoms with E-state index in [1.54, 1.807) is 11.3 Å². The normalized spacial score (nSPS) is 17.8. The third kappa shape index (κ3) is 4.88. The molecule has 3 nitrogen and oxygen atoms in total. The fraction of sp³-hybridized carbons (Fsp3) is 0.769. The molecule has 0 amide bonds. The van der Waals surface area contributed by atoms with Crippen molar-refractivity contribution < 1.29 is 0 Å². The molecule has 0 atom stereocenters. The fourth-order valence-electron chi connectivity index (χ4n) is 2.06. The summed E-state index contributed by atoms with van der Waals surface area (Å²) in [5.74, 6) is 2.59. The molecule has 1 aliphatic heterocycles. The molecule has 18 heavy (non-hydrogen) atoms. The lowest BCUT2D eigenvalue weighted by molar-refractivity contribution is 0.284. The molecular formula is C13H23N3S2. The minimum Gasteiger partial charge on any atom is -0.310 e. The zero-order valence-corrected chi connectivity index (χ0v) is 12.8. The van der Waals surface area contributed by atoms with Gasteiger partial charge in [-0.1, -0.05) is 6.92 Å².